The molecule has 7 heteroatoms. The average Bonchev–Trinajstić information content (AvgIpc) is 2.89. The van der Waals surface area contributed by atoms with E-state index >= 15 is 0 Å². The van der Waals surface area contributed by atoms with Crippen molar-refractivity contribution in [1.29, 1.82) is 0 Å². The van der Waals surface area contributed by atoms with Gasteiger partial charge in [-0.2, -0.15) is 0 Å². The van der Waals surface area contributed by atoms with Crippen molar-refractivity contribution >= 4 is 17.7 Å². The number of nitrogens with one attached hydrogen (secondary N) is 1. The molecule has 2 heterocycles. The molecule has 0 aliphatic heterocycles. The molecule has 0 bridgehead atoms. The van der Waals surface area contributed by atoms with Gasteiger partial charge in [0.05, 0.1) is 5.69 Å². The maximum atomic E-state index is 12.4. The zero-order valence-electron chi connectivity index (χ0n) is 13.3. The quantitative estimate of drug-likeness (QED) is 0.867. The zero-order chi connectivity index (χ0) is 16.2. The van der Waals surface area contributed by atoms with E-state index < -0.39 is 0 Å². The Kier molecular flexibility index (Phi) is 4.95. The van der Waals surface area contributed by atoms with Crippen LogP contribution in [0.1, 0.15) is 47.5 Å². The summed E-state index contributed by atoms with van der Waals surface area (Å²) in [6, 6.07) is 2.04. The minimum Gasteiger partial charge on any atom is -0.361 e. The third-order valence-electron chi connectivity index (χ3n) is 4.08. The summed E-state index contributed by atoms with van der Waals surface area (Å²) in [6.07, 6.45) is 7.58. The number of hydrogen-bond donors (Lipinski definition) is 1. The Morgan fingerprint density at radius 2 is 1.91 bits per heavy atom. The number of carbonyl (C=O) groups is 1. The summed E-state index contributed by atoms with van der Waals surface area (Å²) in [5.41, 5.74) is 1.21. The molecule has 122 valence electrons. The first-order valence-corrected chi connectivity index (χ1v) is 8.69. The second kappa shape index (κ2) is 7.12. The number of aryl methyl sites for hydroxylation is 2. The normalized spacial score (nSPS) is 21.1. The average molecular weight is 332 g/mol. The molecule has 1 saturated carbocycles. The smallest absolute Gasteiger partial charge is 0.257 e. The van der Waals surface area contributed by atoms with Crippen LogP contribution < -0.4 is 5.32 Å². The lowest BCUT2D eigenvalue weighted by molar-refractivity contribution is 0.0926. The summed E-state index contributed by atoms with van der Waals surface area (Å²) < 4.78 is 5.06. The molecule has 6 nitrogen and oxygen atoms in total. The van der Waals surface area contributed by atoms with E-state index in [0.717, 1.165) is 30.8 Å². The van der Waals surface area contributed by atoms with Crippen LogP contribution >= 0.6 is 11.8 Å². The van der Waals surface area contributed by atoms with Crippen LogP contribution in [0.4, 0.5) is 0 Å². The van der Waals surface area contributed by atoms with Gasteiger partial charge in [-0.05, 0) is 45.6 Å². The van der Waals surface area contributed by atoms with Gasteiger partial charge in [-0.1, -0.05) is 16.9 Å². The van der Waals surface area contributed by atoms with Gasteiger partial charge < -0.3 is 9.84 Å². The van der Waals surface area contributed by atoms with Gasteiger partial charge in [-0.15, -0.1) is 0 Å². The molecule has 0 aromatic carbocycles. The minimum atomic E-state index is -0.0799. The summed E-state index contributed by atoms with van der Waals surface area (Å²) in [5.74, 6) is 0.495. The highest BCUT2D eigenvalue weighted by atomic mass is 32.2. The topological polar surface area (TPSA) is 80.9 Å². The van der Waals surface area contributed by atoms with Gasteiger partial charge in [0.25, 0.3) is 5.91 Å². The van der Waals surface area contributed by atoms with Gasteiger partial charge >= 0.3 is 0 Å². The predicted octanol–water partition coefficient (Wildman–Crippen LogP) is 2.91. The number of thioether (sulfide) groups is 1. The molecule has 0 spiro atoms. The van der Waals surface area contributed by atoms with Crippen molar-refractivity contribution in [3.63, 3.8) is 0 Å². The van der Waals surface area contributed by atoms with Crippen LogP contribution in [0, 0.1) is 13.8 Å². The van der Waals surface area contributed by atoms with Crippen molar-refractivity contribution in [3.8, 4) is 0 Å². The number of hydrogen-bond acceptors (Lipinski definition) is 6. The Bertz CT molecular complexity index is 646. The van der Waals surface area contributed by atoms with Crippen molar-refractivity contribution in [1.82, 2.24) is 20.4 Å². The lowest BCUT2D eigenvalue weighted by Crippen LogP contribution is -2.38. The molecule has 1 aliphatic carbocycles. The summed E-state index contributed by atoms with van der Waals surface area (Å²) in [4.78, 5) is 20.9. The molecule has 1 fully saturated rings. The van der Waals surface area contributed by atoms with Crippen molar-refractivity contribution in [3.05, 3.63) is 35.5 Å². The fourth-order valence-corrected chi connectivity index (χ4v) is 3.93. The lowest BCUT2D eigenvalue weighted by Gasteiger charge is -2.28. The van der Waals surface area contributed by atoms with E-state index in [-0.39, 0.29) is 11.9 Å². The molecule has 0 radical (unpaired) electrons. The maximum absolute atomic E-state index is 12.4. The SMILES string of the molecule is Cc1noc(C)c1C(=O)NC1CCC(Sc2ncccn2)CC1. The molecule has 1 N–H and O–H groups in total. The fourth-order valence-electron chi connectivity index (χ4n) is 2.89. The monoisotopic (exact) mass is 332 g/mol. The Morgan fingerprint density at radius 3 is 2.52 bits per heavy atom. The molecule has 1 aliphatic rings. The van der Waals surface area contributed by atoms with Gasteiger partial charge in [0.15, 0.2) is 5.16 Å². The second-order valence-electron chi connectivity index (χ2n) is 5.80. The lowest BCUT2D eigenvalue weighted by atomic mass is 9.94. The molecule has 0 saturated heterocycles. The summed E-state index contributed by atoms with van der Waals surface area (Å²) in [7, 11) is 0. The molecule has 3 rings (SSSR count). The molecular weight excluding hydrogens is 312 g/mol. The first-order chi connectivity index (χ1) is 11.1. The highest BCUT2D eigenvalue weighted by Crippen LogP contribution is 2.32. The first kappa shape index (κ1) is 16.0. The molecule has 2 aromatic rings. The number of nitrogens with zero attached hydrogens (tertiary/aromatic N) is 3. The van der Waals surface area contributed by atoms with E-state index in [4.69, 9.17) is 4.52 Å². The Hall–Kier alpha value is -1.89. The highest BCUT2D eigenvalue weighted by molar-refractivity contribution is 7.99. The van der Waals surface area contributed by atoms with Crippen LogP contribution in [0.3, 0.4) is 0 Å². The largest absolute Gasteiger partial charge is 0.361 e. The minimum absolute atomic E-state index is 0.0799. The molecule has 0 atom stereocenters. The molecule has 1 amide bonds. The van der Waals surface area contributed by atoms with Crippen molar-refractivity contribution in [2.75, 3.05) is 0 Å². The van der Waals surface area contributed by atoms with Crippen LogP contribution in [0.25, 0.3) is 0 Å². The van der Waals surface area contributed by atoms with Crippen LogP contribution in [-0.4, -0.2) is 32.3 Å². The van der Waals surface area contributed by atoms with Crippen molar-refractivity contribution < 1.29 is 9.32 Å². The van der Waals surface area contributed by atoms with Crippen LogP contribution in [0.5, 0.6) is 0 Å². The third-order valence-corrected chi connectivity index (χ3v) is 5.31. The third kappa shape index (κ3) is 3.90. The second-order valence-corrected chi connectivity index (χ2v) is 7.06. The summed E-state index contributed by atoms with van der Waals surface area (Å²) in [6.45, 7) is 3.56. The summed E-state index contributed by atoms with van der Waals surface area (Å²) in [5, 5.41) is 8.29. The highest BCUT2D eigenvalue weighted by Gasteiger charge is 2.26. The Balaban J connectivity index is 1.50. The van der Waals surface area contributed by atoms with E-state index in [9.17, 15) is 4.79 Å². The Labute approximate surface area is 139 Å². The van der Waals surface area contributed by atoms with E-state index in [1.807, 2.05) is 6.07 Å². The number of amides is 1. The van der Waals surface area contributed by atoms with Crippen LogP contribution in [0.15, 0.2) is 28.1 Å². The number of carbonyl (C=O) groups excluding carboxylic acids is 1. The molecular formula is C16H20N4O2S. The van der Waals surface area contributed by atoms with Gasteiger partial charge in [0, 0.05) is 23.7 Å². The zero-order valence-corrected chi connectivity index (χ0v) is 14.1. The fraction of sp³-hybridized carbons (Fsp3) is 0.500. The maximum Gasteiger partial charge on any atom is 0.257 e. The predicted molar refractivity (Wildman–Crippen MR) is 87.4 cm³/mol. The number of aromatic nitrogens is 3. The van der Waals surface area contributed by atoms with Crippen LogP contribution in [-0.2, 0) is 0 Å². The Morgan fingerprint density at radius 1 is 1.22 bits per heavy atom. The molecule has 23 heavy (non-hydrogen) atoms. The van der Waals surface area contributed by atoms with Gasteiger partial charge in [0.2, 0.25) is 0 Å². The molecule has 0 unspecified atom stereocenters. The van der Waals surface area contributed by atoms with Gasteiger partial charge in [-0.3, -0.25) is 4.79 Å². The van der Waals surface area contributed by atoms with E-state index in [1.165, 1.54) is 0 Å². The van der Waals surface area contributed by atoms with Gasteiger partial charge in [-0.25, -0.2) is 9.97 Å². The first-order valence-electron chi connectivity index (χ1n) is 7.81. The van der Waals surface area contributed by atoms with Gasteiger partial charge in [0.1, 0.15) is 11.3 Å². The van der Waals surface area contributed by atoms with E-state index in [0.29, 0.717) is 22.3 Å². The number of rotatable bonds is 4. The van der Waals surface area contributed by atoms with Crippen molar-refractivity contribution in [2.45, 2.75) is 56.0 Å². The van der Waals surface area contributed by atoms with E-state index in [1.54, 1.807) is 38.0 Å². The van der Waals surface area contributed by atoms with Crippen molar-refractivity contribution in [2.24, 2.45) is 0 Å². The standard InChI is InChI=1S/C16H20N4O2S/c1-10-14(11(2)22-20-10)15(21)19-12-4-6-13(7-5-12)23-16-17-8-3-9-18-16/h3,8-9,12-13H,4-7H2,1-2H3,(H,19,21). The molecule has 2 aromatic heterocycles. The van der Waals surface area contributed by atoms with E-state index in [2.05, 4.69) is 20.4 Å². The summed E-state index contributed by atoms with van der Waals surface area (Å²) >= 11 is 1.73. The van der Waals surface area contributed by atoms with Crippen LogP contribution in [0.2, 0.25) is 0 Å².